The summed E-state index contributed by atoms with van der Waals surface area (Å²) in [5.74, 6) is -1.07. The van der Waals surface area contributed by atoms with Crippen molar-refractivity contribution in [2.45, 2.75) is 46.3 Å². The number of ether oxygens (including phenoxy) is 2. The van der Waals surface area contributed by atoms with Gasteiger partial charge in [0.2, 0.25) is 0 Å². The largest absolute Gasteiger partial charge is 0.508 e. The van der Waals surface area contributed by atoms with Gasteiger partial charge in [-0.3, -0.25) is 4.79 Å². The van der Waals surface area contributed by atoms with Crippen LogP contribution < -0.4 is 10.1 Å². The quantitative estimate of drug-likeness (QED) is 0.116. The van der Waals surface area contributed by atoms with Gasteiger partial charge in [0.1, 0.15) is 28.9 Å². The molecule has 0 aliphatic carbocycles. The lowest BCUT2D eigenvalue weighted by Gasteiger charge is -2.24. The van der Waals surface area contributed by atoms with E-state index in [1.165, 1.54) is 24.3 Å². The fourth-order valence-corrected chi connectivity index (χ4v) is 2.95. The van der Waals surface area contributed by atoms with Crippen molar-refractivity contribution in [3.05, 3.63) is 83.6 Å². The topological polar surface area (TPSA) is 122 Å². The number of benzene rings is 2. The van der Waals surface area contributed by atoms with E-state index in [4.69, 9.17) is 9.47 Å². The third-order valence-electron chi connectivity index (χ3n) is 4.76. The third-order valence-corrected chi connectivity index (χ3v) is 4.76. The van der Waals surface area contributed by atoms with Crippen molar-refractivity contribution in [1.29, 1.82) is 0 Å². The highest BCUT2D eigenvalue weighted by Crippen LogP contribution is 2.17. The Bertz CT molecular complexity index is 1170. The average Bonchev–Trinajstić information content (AvgIpc) is 2.80. The maximum absolute atomic E-state index is 12.6. The molecule has 8 nitrogen and oxygen atoms in total. The zero-order valence-electron chi connectivity index (χ0n) is 22.0. The van der Waals surface area contributed by atoms with Crippen molar-refractivity contribution < 1.29 is 34.1 Å². The minimum atomic E-state index is -0.892. The molecule has 1 atom stereocenters. The van der Waals surface area contributed by atoms with E-state index >= 15 is 0 Å². The van der Waals surface area contributed by atoms with Gasteiger partial charge >= 0.3 is 12.1 Å². The zero-order valence-corrected chi connectivity index (χ0v) is 22.8. The molecule has 0 aliphatic heterocycles. The number of esters is 1. The van der Waals surface area contributed by atoms with Crippen LogP contribution in [0.25, 0.3) is 12.2 Å². The van der Waals surface area contributed by atoms with Gasteiger partial charge in [0.25, 0.3) is 0 Å². The first-order valence-corrected chi connectivity index (χ1v) is 11.7. The normalized spacial score (nSPS) is 12.7. The Morgan fingerprint density at radius 2 is 1.42 bits per heavy atom. The summed E-state index contributed by atoms with van der Waals surface area (Å²) in [5, 5.41) is 21.8. The highest BCUT2D eigenvalue weighted by atomic mass is 35.5. The summed E-state index contributed by atoms with van der Waals surface area (Å²) < 4.78 is 10.6. The second kappa shape index (κ2) is 14.6. The summed E-state index contributed by atoms with van der Waals surface area (Å²) in [6, 6.07) is 11.9. The van der Waals surface area contributed by atoms with E-state index < -0.39 is 29.5 Å². The van der Waals surface area contributed by atoms with Gasteiger partial charge in [0.05, 0.1) is 0 Å². The number of amides is 1. The fraction of sp³-hybridized carbons (Fsp3) is 0.276. The lowest BCUT2D eigenvalue weighted by molar-refractivity contribution is -0.137. The molecule has 0 spiro atoms. The minimum absolute atomic E-state index is 0. The number of phenols is 1. The van der Waals surface area contributed by atoms with E-state index in [0.717, 1.165) is 11.6 Å². The summed E-state index contributed by atoms with van der Waals surface area (Å²) >= 11 is 0. The number of aliphatic hydroxyl groups is 1. The van der Waals surface area contributed by atoms with E-state index in [0.29, 0.717) is 5.56 Å². The SMILES string of the molecule is CC(C)[C@H](NC(=O)OC(C)(C)C)C(=O)Oc1ccc(C=CC(O)=CC(=O)C=Cc2ccc(O)cc2)cc1.Cl. The van der Waals surface area contributed by atoms with Gasteiger partial charge in [0.15, 0.2) is 5.78 Å². The van der Waals surface area contributed by atoms with E-state index in [-0.39, 0.29) is 35.6 Å². The molecule has 0 unspecified atom stereocenters. The third kappa shape index (κ3) is 11.8. The van der Waals surface area contributed by atoms with E-state index in [2.05, 4.69) is 5.32 Å². The monoisotopic (exact) mass is 543 g/mol. The van der Waals surface area contributed by atoms with Crippen LogP contribution in [0.2, 0.25) is 0 Å². The van der Waals surface area contributed by atoms with Gasteiger partial charge in [-0.15, -0.1) is 12.4 Å². The van der Waals surface area contributed by atoms with Crippen LogP contribution in [0.4, 0.5) is 4.79 Å². The van der Waals surface area contributed by atoms with Crippen LogP contribution in [-0.2, 0) is 14.3 Å². The Labute approximate surface area is 229 Å². The maximum atomic E-state index is 12.6. The van der Waals surface area contributed by atoms with Crippen molar-refractivity contribution >= 4 is 42.4 Å². The van der Waals surface area contributed by atoms with Gasteiger partial charge < -0.3 is 25.0 Å². The molecule has 0 fully saturated rings. The molecule has 0 radical (unpaired) electrons. The number of aliphatic hydroxyl groups excluding tert-OH is 1. The molecule has 0 aromatic heterocycles. The van der Waals surface area contributed by atoms with Crippen LogP contribution >= 0.6 is 12.4 Å². The van der Waals surface area contributed by atoms with Crippen LogP contribution in [0, 0.1) is 5.92 Å². The van der Waals surface area contributed by atoms with E-state index in [9.17, 15) is 24.6 Å². The number of ketones is 1. The first-order valence-electron chi connectivity index (χ1n) is 11.7. The molecule has 2 rings (SSSR count). The van der Waals surface area contributed by atoms with Gasteiger partial charge in [-0.25, -0.2) is 9.59 Å². The number of halogens is 1. The van der Waals surface area contributed by atoms with Crippen LogP contribution in [0.3, 0.4) is 0 Å². The highest BCUT2D eigenvalue weighted by Gasteiger charge is 2.28. The lowest BCUT2D eigenvalue weighted by Crippen LogP contribution is -2.48. The van der Waals surface area contributed by atoms with Crippen molar-refractivity contribution in [3.8, 4) is 11.5 Å². The van der Waals surface area contributed by atoms with Crippen molar-refractivity contribution in [1.82, 2.24) is 5.32 Å². The molecular formula is C29H34ClNO7. The molecule has 0 heterocycles. The molecule has 3 N–H and O–H groups in total. The Kier molecular flexibility index (Phi) is 12.3. The Morgan fingerprint density at radius 1 is 0.895 bits per heavy atom. The van der Waals surface area contributed by atoms with Gasteiger partial charge in [-0.1, -0.05) is 50.3 Å². The molecule has 0 aliphatic rings. The van der Waals surface area contributed by atoms with Crippen LogP contribution in [0.1, 0.15) is 45.7 Å². The molecule has 204 valence electrons. The molecule has 38 heavy (non-hydrogen) atoms. The van der Waals surface area contributed by atoms with Crippen molar-refractivity contribution in [2.24, 2.45) is 5.92 Å². The van der Waals surface area contributed by atoms with Gasteiger partial charge in [0, 0.05) is 6.08 Å². The predicted octanol–water partition coefficient (Wildman–Crippen LogP) is 6.01. The standard InChI is InChI=1S/C29H33NO7.ClH/c1-19(2)26(30-28(35)37-29(3,4)5)27(34)36-25-16-10-21(11-17-25)9-15-24(33)18-23(32)14-8-20-6-12-22(31)13-7-20;/h6-19,26,31,33H,1-5H3,(H,30,35);1H/t26-;/m0./s1. The predicted molar refractivity (Wildman–Crippen MR) is 149 cm³/mol. The molecular weight excluding hydrogens is 510 g/mol. The highest BCUT2D eigenvalue weighted by molar-refractivity contribution is 6.02. The molecule has 9 heteroatoms. The molecule has 1 amide bonds. The first kappa shape index (κ1) is 32.0. The molecule has 0 bridgehead atoms. The van der Waals surface area contributed by atoms with Gasteiger partial charge in [-0.2, -0.15) is 0 Å². The van der Waals surface area contributed by atoms with E-state index in [1.807, 2.05) is 0 Å². The zero-order chi connectivity index (χ0) is 27.6. The van der Waals surface area contributed by atoms with Crippen LogP contribution in [0.5, 0.6) is 11.5 Å². The Morgan fingerprint density at radius 3 is 1.95 bits per heavy atom. The number of hydrogen-bond acceptors (Lipinski definition) is 7. The van der Waals surface area contributed by atoms with Crippen molar-refractivity contribution in [3.63, 3.8) is 0 Å². The van der Waals surface area contributed by atoms with Crippen LogP contribution in [0.15, 0.2) is 72.5 Å². The molecule has 0 saturated heterocycles. The summed E-state index contributed by atoms with van der Waals surface area (Å²) in [4.78, 5) is 36.7. The Balaban J connectivity index is 0.00000722. The second-order valence-corrected chi connectivity index (χ2v) is 9.59. The number of hydrogen-bond donors (Lipinski definition) is 3. The second-order valence-electron chi connectivity index (χ2n) is 9.59. The molecule has 2 aromatic carbocycles. The smallest absolute Gasteiger partial charge is 0.408 e. The number of phenolic OH excluding ortho intramolecular Hbond substituents is 1. The summed E-state index contributed by atoms with van der Waals surface area (Å²) in [7, 11) is 0. The van der Waals surface area contributed by atoms with Gasteiger partial charge in [-0.05, 0) is 74.2 Å². The molecule has 0 saturated carbocycles. The Hall–Kier alpha value is -4.04. The summed E-state index contributed by atoms with van der Waals surface area (Å²) in [6.07, 6.45) is 6.21. The minimum Gasteiger partial charge on any atom is -0.508 e. The molecule has 2 aromatic rings. The average molecular weight is 544 g/mol. The number of allylic oxidation sites excluding steroid dienone is 3. The fourth-order valence-electron chi connectivity index (χ4n) is 2.95. The maximum Gasteiger partial charge on any atom is 0.408 e. The summed E-state index contributed by atoms with van der Waals surface area (Å²) in [6.45, 7) is 8.76. The number of rotatable bonds is 9. The first-order chi connectivity index (χ1) is 17.3. The van der Waals surface area contributed by atoms with E-state index in [1.54, 1.807) is 83.2 Å². The summed E-state index contributed by atoms with van der Waals surface area (Å²) in [5.41, 5.74) is 0.732. The van der Waals surface area contributed by atoms with Crippen LogP contribution in [-0.4, -0.2) is 39.7 Å². The number of carbonyl (C=O) groups is 3. The number of aromatic hydroxyl groups is 1. The number of nitrogens with one attached hydrogen (secondary N) is 1. The number of carbonyl (C=O) groups excluding carboxylic acids is 3. The van der Waals surface area contributed by atoms with Crippen molar-refractivity contribution in [2.75, 3.05) is 0 Å². The number of alkyl carbamates (subject to hydrolysis) is 1. The lowest BCUT2D eigenvalue weighted by atomic mass is 10.1.